The highest BCUT2D eigenvalue weighted by Crippen LogP contribution is 2.40. The molecule has 2 aromatic carbocycles. The predicted molar refractivity (Wildman–Crippen MR) is 97.5 cm³/mol. The van der Waals surface area contributed by atoms with Crippen molar-refractivity contribution >= 4 is 21.8 Å². The maximum absolute atomic E-state index is 14.0. The number of halogens is 2. The molecule has 0 amide bonds. The second kappa shape index (κ2) is 7.29. The SMILES string of the molecule is O=S(=O)(c1c(F)cccc1F)N1CCSC(c2ccc3c(c2)OCO3)CC1. The van der Waals surface area contributed by atoms with Gasteiger partial charge in [0.15, 0.2) is 16.4 Å². The van der Waals surface area contributed by atoms with E-state index in [2.05, 4.69) is 0 Å². The number of thioether (sulfide) groups is 1. The molecule has 27 heavy (non-hydrogen) atoms. The molecule has 2 heterocycles. The minimum absolute atomic E-state index is 0.0603. The van der Waals surface area contributed by atoms with Crippen LogP contribution in [0.1, 0.15) is 17.2 Å². The van der Waals surface area contributed by atoms with E-state index in [1.165, 1.54) is 0 Å². The molecule has 144 valence electrons. The van der Waals surface area contributed by atoms with Gasteiger partial charge in [-0.1, -0.05) is 12.1 Å². The van der Waals surface area contributed by atoms with Gasteiger partial charge in [-0.15, -0.1) is 0 Å². The number of nitrogens with zero attached hydrogens (tertiary/aromatic N) is 1. The lowest BCUT2D eigenvalue weighted by molar-refractivity contribution is 0.174. The van der Waals surface area contributed by atoms with Crippen molar-refractivity contribution in [3.8, 4) is 11.5 Å². The van der Waals surface area contributed by atoms with Gasteiger partial charge in [-0.25, -0.2) is 17.2 Å². The fraction of sp³-hybridized carbons (Fsp3) is 0.333. The summed E-state index contributed by atoms with van der Waals surface area (Å²) in [7, 11) is -4.24. The summed E-state index contributed by atoms with van der Waals surface area (Å²) in [5.74, 6) is -0.251. The van der Waals surface area contributed by atoms with E-state index in [9.17, 15) is 17.2 Å². The van der Waals surface area contributed by atoms with Gasteiger partial charge in [-0.3, -0.25) is 0 Å². The molecule has 5 nitrogen and oxygen atoms in total. The first-order valence-electron chi connectivity index (χ1n) is 8.42. The van der Waals surface area contributed by atoms with Crippen LogP contribution in [-0.2, 0) is 10.0 Å². The van der Waals surface area contributed by atoms with Crippen LogP contribution in [0.15, 0.2) is 41.3 Å². The van der Waals surface area contributed by atoms with E-state index in [0.717, 1.165) is 28.1 Å². The van der Waals surface area contributed by atoms with Gasteiger partial charge in [-0.05, 0) is 36.2 Å². The summed E-state index contributed by atoms with van der Waals surface area (Å²) in [6.07, 6.45) is 0.527. The smallest absolute Gasteiger partial charge is 0.248 e. The second-order valence-corrected chi connectivity index (χ2v) is 9.40. The first-order valence-corrected chi connectivity index (χ1v) is 10.9. The summed E-state index contributed by atoms with van der Waals surface area (Å²) in [4.78, 5) is -0.878. The zero-order chi connectivity index (χ0) is 19.0. The minimum atomic E-state index is -4.24. The molecule has 0 N–H and O–H groups in total. The molecule has 2 aromatic rings. The Balaban J connectivity index is 1.55. The average molecular weight is 413 g/mol. The number of sulfonamides is 1. The Morgan fingerprint density at radius 3 is 2.56 bits per heavy atom. The highest BCUT2D eigenvalue weighted by atomic mass is 32.2. The van der Waals surface area contributed by atoms with Gasteiger partial charge in [-0.2, -0.15) is 16.1 Å². The molecular formula is C18H17F2NO4S2. The van der Waals surface area contributed by atoms with Crippen molar-refractivity contribution in [2.24, 2.45) is 0 Å². The maximum Gasteiger partial charge on any atom is 0.248 e. The Morgan fingerprint density at radius 2 is 1.78 bits per heavy atom. The molecule has 1 unspecified atom stereocenters. The first kappa shape index (κ1) is 18.5. The summed E-state index contributed by atoms with van der Waals surface area (Å²) in [6, 6.07) is 8.74. The highest BCUT2D eigenvalue weighted by Gasteiger charge is 2.33. The molecule has 0 bridgehead atoms. The third kappa shape index (κ3) is 3.51. The number of hydrogen-bond donors (Lipinski definition) is 0. The second-order valence-electron chi connectivity index (χ2n) is 6.22. The lowest BCUT2D eigenvalue weighted by Gasteiger charge is -2.20. The summed E-state index contributed by atoms with van der Waals surface area (Å²) in [5.41, 5.74) is 1.01. The van der Waals surface area contributed by atoms with Crippen LogP contribution in [0.4, 0.5) is 8.78 Å². The fourth-order valence-electron chi connectivity index (χ4n) is 3.23. The van der Waals surface area contributed by atoms with E-state index in [4.69, 9.17) is 9.47 Å². The van der Waals surface area contributed by atoms with Crippen molar-refractivity contribution in [3.63, 3.8) is 0 Å². The van der Waals surface area contributed by atoms with Crippen LogP contribution in [0.3, 0.4) is 0 Å². The number of fused-ring (bicyclic) bond motifs is 1. The van der Waals surface area contributed by atoms with E-state index in [1.807, 2.05) is 18.2 Å². The van der Waals surface area contributed by atoms with Crippen LogP contribution in [0.25, 0.3) is 0 Å². The minimum Gasteiger partial charge on any atom is -0.454 e. The lowest BCUT2D eigenvalue weighted by atomic mass is 10.1. The maximum atomic E-state index is 14.0. The third-order valence-electron chi connectivity index (χ3n) is 4.59. The van der Waals surface area contributed by atoms with Gasteiger partial charge in [0.1, 0.15) is 11.6 Å². The number of benzene rings is 2. The topological polar surface area (TPSA) is 55.8 Å². The fourth-order valence-corrected chi connectivity index (χ4v) is 6.13. The molecule has 0 saturated carbocycles. The standard InChI is InChI=1S/C18H17F2NO4S2/c19-13-2-1-3-14(20)18(13)27(22,23)21-7-6-17(26-9-8-21)12-4-5-15-16(10-12)25-11-24-15/h1-5,10,17H,6-9,11H2. The first-order chi connectivity index (χ1) is 13.0. The Bertz CT molecular complexity index is 948. The normalized spacial score (nSPS) is 20.4. The zero-order valence-corrected chi connectivity index (χ0v) is 15.9. The van der Waals surface area contributed by atoms with E-state index in [-0.39, 0.29) is 25.1 Å². The van der Waals surface area contributed by atoms with E-state index >= 15 is 0 Å². The molecule has 2 aliphatic rings. The largest absolute Gasteiger partial charge is 0.454 e. The quantitative estimate of drug-likeness (QED) is 0.770. The molecule has 0 spiro atoms. The zero-order valence-electron chi connectivity index (χ0n) is 14.2. The van der Waals surface area contributed by atoms with Crippen molar-refractivity contribution < 1.29 is 26.7 Å². The Labute approximate surface area is 160 Å². The molecular weight excluding hydrogens is 396 g/mol. The van der Waals surface area contributed by atoms with Crippen LogP contribution in [0, 0.1) is 11.6 Å². The van der Waals surface area contributed by atoms with Crippen LogP contribution in [-0.4, -0.2) is 38.4 Å². The summed E-state index contributed by atoms with van der Waals surface area (Å²) >= 11 is 1.62. The molecule has 9 heteroatoms. The molecule has 4 rings (SSSR count). The van der Waals surface area contributed by atoms with Crippen molar-refractivity contribution in [2.45, 2.75) is 16.6 Å². The molecule has 0 aromatic heterocycles. The predicted octanol–water partition coefficient (Wildman–Crippen LogP) is 3.56. The van der Waals surface area contributed by atoms with Gasteiger partial charge < -0.3 is 9.47 Å². The molecule has 1 saturated heterocycles. The molecule has 2 aliphatic heterocycles. The van der Waals surface area contributed by atoms with E-state index < -0.39 is 26.6 Å². The number of hydrogen-bond acceptors (Lipinski definition) is 5. The Morgan fingerprint density at radius 1 is 1.04 bits per heavy atom. The lowest BCUT2D eigenvalue weighted by Crippen LogP contribution is -2.34. The monoisotopic (exact) mass is 413 g/mol. The van der Waals surface area contributed by atoms with E-state index in [0.29, 0.717) is 23.7 Å². The van der Waals surface area contributed by atoms with Crippen LogP contribution in [0.2, 0.25) is 0 Å². The molecule has 0 aliphatic carbocycles. The van der Waals surface area contributed by atoms with Crippen molar-refractivity contribution in [1.82, 2.24) is 4.31 Å². The summed E-state index contributed by atoms with van der Waals surface area (Å²) < 4.78 is 65.4. The third-order valence-corrected chi connectivity index (χ3v) is 7.87. The van der Waals surface area contributed by atoms with Gasteiger partial charge in [0.25, 0.3) is 0 Å². The van der Waals surface area contributed by atoms with E-state index in [1.54, 1.807) is 11.8 Å². The van der Waals surface area contributed by atoms with Crippen molar-refractivity contribution in [2.75, 3.05) is 25.6 Å². The van der Waals surface area contributed by atoms with Crippen LogP contribution in [0.5, 0.6) is 11.5 Å². The molecule has 1 fully saturated rings. The van der Waals surface area contributed by atoms with Gasteiger partial charge in [0.05, 0.1) is 0 Å². The average Bonchev–Trinajstić information content (AvgIpc) is 2.95. The van der Waals surface area contributed by atoms with Gasteiger partial charge in [0, 0.05) is 24.1 Å². The summed E-state index contributed by atoms with van der Waals surface area (Å²) in [5, 5.41) is 0.0603. The number of rotatable bonds is 3. The Hall–Kier alpha value is -1.84. The van der Waals surface area contributed by atoms with Gasteiger partial charge in [0.2, 0.25) is 16.8 Å². The van der Waals surface area contributed by atoms with Gasteiger partial charge >= 0.3 is 0 Å². The summed E-state index contributed by atoms with van der Waals surface area (Å²) in [6.45, 7) is 0.570. The highest BCUT2D eigenvalue weighted by molar-refractivity contribution is 7.99. The number of ether oxygens (including phenoxy) is 2. The van der Waals surface area contributed by atoms with Crippen molar-refractivity contribution in [1.29, 1.82) is 0 Å². The molecule has 1 atom stereocenters. The molecule has 0 radical (unpaired) electrons. The van der Waals surface area contributed by atoms with Crippen molar-refractivity contribution in [3.05, 3.63) is 53.6 Å². The van der Waals surface area contributed by atoms with Crippen LogP contribution >= 0.6 is 11.8 Å². The van der Waals surface area contributed by atoms with Crippen LogP contribution < -0.4 is 9.47 Å². The Kier molecular flexibility index (Phi) is 5.00.